The molecule has 1 heterocycles. The minimum absolute atomic E-state index is 0.0767. The van der Waals surface area contributed by atoms with Crippen molar-refractivity contribution in [1.82, 2.24) is 9.78 Å². The van der Waals surface area contributed by atoms with Gasteiger partial charge in [0, 0.05) is 18.9 Å². The van der Waals surface area contributed by atoms with Crippen molar-refractivity contribution in [3.63, 3.8) is 0 Å². The average molecular weight is 205 g/mol. The van der Waals surface area contributed by atoms with Crippen LogP contribution < -0.4 is 0 Å². The molecule has 0 aliphatic heterocycles. The maximum absolute atomic E-state index is 11.3. The van der Waals surface area contributed by atoms with E-state index in [1.54, 1.807) is 17.8 Å². The second kappa shape index (κ2) is 4.26. The molecule has 0 saturated heterocycles. The lowest BCUT2D eigenvalue weighted by atomic mass is 9.83. The topological polar surface area (TPSA) is 58.7 Å². The fourth-order valence-corrected chi connectivity index (χ4v) is 1.34. The van der Waals surface area contributed by atoms with E-state index in [9.17, 15) is 4.79 Å². The minimum atomic E-state index is -0.871. The Bertz CT molecular complexity index is 402. The maximum Gasteiger partial charge on any atom is 0.149 e. The number of ketones is 1. The molecule has 4 nitrogen and oxygen atoms in total. The quantitative estimate of drug-likeness (QED) is 0.747. The van der Waals surface area contributed by atoms with Crippen LogP contribution in [0.15, 0.2) is 12.3 Å². The van der Waals surface area contributed by atoms with Crippen LogP contribution in [0.1, 0.15) is 26.0 Å². The highest BCUT2D eigenvalue weighted by Crippen LogP contribution is 2.23. The van der Waals surface area contributed by atoms with Crippen LogP contribution in [0.5, 0.6) is 0 Å². The zero-order valence-corrected chi connectivity index (χ0v) is 9.32. The Balaban J connectivity index is 2.69. The Morgan fingerprint density at radius 1 is 1.73 bits per heavy atom. The number of carbonyl (C=O) groups is 1. The summed E-state index contributed by atoms with van der Waals surface area (Å²) in [4.78, 5) is 11.3. The van der Waals surface area contributed by atoms with Crippen LogP contribution in [0.4, 0.5) is 0 Å². The lowest BCUT2D eigenvalue weighted by Crippen LogP contribution is -2.24. The number of aromatic nitrogens is 2. The number of Topliss-reactive ketones (excluding diaryl/α,β-unsaturated/α-hetero) is 1. The molecule has 0 N–H and O–H groups in total. The van der Waals surface area contributed by atoms with Crippen molar-refractivity contribution in [2.75, 3.05) is 0 Å². The molecule has 1 rings (SSSR count). The largest absolute Gasteiger partial charge is 0.298 e. The molecule has 0 radical (unpaired) electrons. The number of hydrogen-bond acceptors (Lipinski definition) is 3. The molecule has 0 fully saturated rings. The van der Waals surface area contributed by atoms with Gasteiger partial charge in [0.25, 0.3) is 0 Å². The zero-order valence-electron chi connectivity index (χ0n) is 9.32. The predicted octanol–water partition coefficient (Wildman–Crippen LogP) is 1.47. The molecule has 0 amide bonds. The van der Waals surface area contributed by atoms with E-state index in [-0.39, 0.29) is 5.78 Å². The summed E-state index contributed by atoms with van der Waals surface area (Å²) >= 11 is 0. The highest BCUT2D eigenvalue weighted by atomic mass is 16.1. The first-order valence-electron chi connectivity index (χ1n) is 4.89. The van der Waals surface area contributed by atoms with E-state index < -0.39 is 5.41 Å². The maximum atomic E-state index is 11.3. The Labute approximate surface area is 89.5 Å². The van der Waals surface area contributed by atoms with Gasteiger partial charge in [-0.1, -0.05) is 0 Å². The van der Waals surface area contributed by atoms with Gasteiger partial charge >= 0.3 is 0 Å². The van der Waals surface area contributed by atoms with Crippen LogP contribution in [-0.4, -0.2) is 15.6 Å². The lowest BCUT2D eigenvalue weighted by Gasteiger charge is -2.17. The third kappa shape index (κ3) is 2.44. The Hall–Kier alpha value is -1.63. The van der Waals surface area contributed by atoms with E-state index in [0.717, 1.165) is 5.69 Å². The molecule has 1 aromatic rings. The van der Waals surface area contributed by atoms with Crippen LogP contribution >= 0.6 is 0 Å². The van der Waals surface area contributed by atoms with E-state index in [0.29, 0.717) is 12.8 Å². The van der Waals surface area contributed by atoms with E-state index >= 15 is 0 Å². The smallest absolute Gasteiger partial charge is 0.149 e. The van der Waals surface area contributed by atoms with Crippen LogP contribution in [0, 0.1) is 16.7 Å². The zero-order chi connectivity index (χ0) is 11.5. The first-order valence-corrected chi connectivity index (χ1v) is 4.89. The summed E-state index contributed by atoms with van der Waals surface area (Å²) in [5.41, 5.74) is 0.169. The van der Waals surface area contributed by atoms with Crippen molar-refractivity contribution in [2.24, 2.45) is 12.5 Å². The van der Waals surface area contributed by atoms with Crippen molar-refractivity contribution < 1.29 is 4.79 Å². The van der Waals surface area contributed by atoms with E-state index in [2.05, 4.69) is 11.2 Å². The summed E-state index contributed by atoms with van der Waals surface area (Å²) in [7, 11) is 1.85. The molecule has 15 heavy (non-hydrogen) atoms. The van der Waals surface area contributed by atoms with E-state index in [1.165, 1.54) is 6.92 Å². The summed E-state index contributed by atoms with van der Waals surface area (Å²) in [6.45, 7) is 3.15. The second-order valence-electron chi connectivity index (χ2n) is 3.95. The van der Waals surface area contributed by atoms with Gasteiger partial charge in [-0.2, -0.15) is 10.4 Å². The van der Waals surface area contributed by atoms with Gasteiger partial charge in [-0.3, -0.25) is 9.48 Å². The van der Waals surface area contributed by atoms with E-state index in [1.807, 2.05) is 13.1 Å². The minimum Gasteiger partial charge on any atom is -0.298 e. The lowest BCUT2D eigenvalue weighted by molar-refractivity contribution is -0.123. The van der Waals surface area contributed by atoms with Gasteiger partial charge < -0.3 is 0 Å². The number of carbonyl (C=O) groups excluding carboxylic acids is 1. The normalized spacial score (nSPS) is 14.3. The molecule has 0 aliphatic carbocycles. The summed E-state index contributed by atoms with van der Waals surface area (Å²) < 4.78 is 1.76. The predicted molar refractivity (Wildman–Crippen MR) is 55.9 cm³/mol. The van der Waals surface area contributed by atoms with Crippen LogP contribution in [0.25, 0.3) is 0 Å². The number of rotatable bonds is 4. The van der Waals surface area contributed by atoms with Gasteiger partial charge in [-0.05, 0) is 32.8 Å². The number of nitriles is 1. The first-order chi connectivity index (χ1) is 6.99. The first kappa shape index (κ1) is 11.4. The molecule has 4 heteroatoms. The number of hydrogen-bond donors (Lipinski definition) is 0. The summed E-state index contributed by atoms with van der Waals surface area (Å²) in [6, 6.07) is 3.98. The van der Waals surface area contributed by atoms with Gasteiger partial charge in [0.05, 0.1) is 6.07 Å². The molecule has 1 atom stereocenters. The average Bonchev–Trinajstić information content (AvgIpc) is 2.60. The van der Waals surface area contributed by atoms with Crippen molar-refractivity contribution in [3.05, 3.63) is 18.0 Å². The van der Waals surface area contributed by atoms with Crippen molar-refractivity contribution >= 4 is 5.78 Å². The molecule has 80 valence electrons. The molecule has 0 saturated carbocycles. The fraction of sp³-hybridized carbons (Fsp3) is 0.545. The molecular formula is C11H15N3O. The van der Waals surface area contributed by atoms with Gasteiger partial charge in [0.15, 0.2) is 0 Å². The third-order valence-corrected chi connectivity index (χ3v) is 2.83. The van der Waals surface area contributed by atoms with Crippen LogP contribution in [0.2, 0.25) is 0 Å². The van der Waals surface area contributed by atoms with Gasteiger partial charge in [0.1, 0.15) is 11.2 Å². The number of nitrogens with zero attached hydrogens (tertiary/aromatic N) is 3. The second-order valence-corrected chi connectivity index (χ2v) is 3.95. The third-order valence-electron chi connectivity index (χ3n) is 2.83. The monoisotopic (exact) mass is 205 g/mol. The molecule has 0 bridgehead atoms. The standard InChI is InChI=1S/C11H15N3O/c1-9(15)11(2,8-12)6-4-10-5-7-13-14(10)3/h5,7H,4,6H2,1-3H3. The van der Waals surface area contributed by atoms with Gasteiger partial charge in [-0.15, -0.1) is 0 Å². The SMILES string of the molecule is CC(=O)C(C)(C#N)CCc1ccnn1C. The van der Waals surface area contributed by atoms with Crippen molar-refractivity contribution in [2.45, 2.75) is 26.7 Å². The fourth-order valence-electron chi connectivity index (χ4n) is 1.34. The van der Waals surface area contributed by atoms with Crippen molar-refractivity contribution in [3.8, 4) is 6.07 Å². The van der Waals surface area contributed by atoms with Gasteiger partial charge in [0.2, 0.25) is 0 Å². The van der Waals surface area contributed by atoms with Crippen molar-refractivity contribution in [1.29, 1.82) is 5.26 Å². The molecule has 1 aromatic heterocycles. The summed E-state index contributed by atoms with van der Waals surface area (Å²) in [5.74, 6) is -0.0767. The molecule has 0 aliphatic rings. The molecule has 1 unspecified atom stereocenters. The van der Waals surface area contributed by atoms with Crippen LogP contribution in [-0.2, 0) is 18.3 Å². The Morgan fingerprint density at radius 2 is 2.40 bits per heavy atom. The van der Waals surface area contributed by atoms with Crippen LogP contribution in [0.3, 0.4) is 0 Å². The number of aryl methyl sites for hydroxylation is 2. The Kier molecular flexibility index (Phi) is 3.25. The molecular weight excluding hydrogens is 190 g/mol. The van der Waals surface area contributed by atoms with Gasteiger partial charge in [-0.25, -0.2) is 0 Å². The van der Waals surface area contributed by atoms with E-state index in [4.69, 9.17) is 5.26 Å². The summed E-state index contributed by atoms with van der Waals surface area (Å²) in [5, 5.41) is 13.0. The molecule has 0 aromatic carbocycles. The Morgan fingerprint density at radius 3 is 2.80 bits per heavy atom. The molecule has 0 spiro atoms. The highest BCUT2D eigenvalue weighted by molar-refractivity contribution is 5.84. The summed E-state index contributed by atoms with van der Waals surface area (Å²) in [6.07, 6.45) is 2.95. The highest BCUT2D eigenvalue weighted by Gasteiger charge is 2.29.